The van der Waals surface area contributed by atoms with E-state index >= 15 is 0 Å². The number of nitrogens with zero attached hydrogens (tertiary/aromatic N) is 1. The topological polar surface area (TPSA) is 81.7 Å². The van der Waals surface area contributed by atoms with Gasteiger partial charge >= 0.3 is 0 Å². The number of para-hydroxylation sites is 1. The quantitative estimate of drug-likeness (QED) is 0.620. The Morgan fingerprint density at radius 1 is 1.06 bits per heavy atom. The van der Waals surface area contributed by atoms with E-state index in [0.29, 0.717) is 45.4 Å². The summed E-state index contributed by atoms with van der Waals surface area (Å²) in [5.41, 5.74) is 2.16. The molecule has 0 fully saturated rings. The van der Waals surface area contributed by atoms with Crippen LogP contribution < -0.4 is 15.0 Å². The minimum Gasteiger partial charge on any atom is -0.606 e. The molecule has 7 heteroatoms. The zero-order valence-electron chi connectivity index (χ0n) is 17.3. The number of nitrogens with one attached hydrogen (secondary N) is 1. The Hall–Kier alpha value is -3.29. The van der Waals surface area contributed by atoms with Crippen LogP contribution in [0.1, 0.15) is 33.2 Å². The van der Waals surface area contributed by atoms with Gasteiger partial charge in [-0.15, -0.1) is 0 Å². The number of carbonyl (C=O) groups is 2. The van der Waals surface area contributed by atoms with Crippen LogP contribution in [0, 0.1) is 0 Å². The van der Waals surface area contributed by atoms with Crippen LogP contribution in [0.15, 0.2) is 76.5 Å². The lowest BCUT2D eigenvalue weighted by Crippen LogP contribution is -2.31. The molecule has 0 aliphatic carbocycles. The van der Waals surface area contributed by atoms with Crippen LogP contribution in [0.4, 0.5) is 5.69 Å². The van der Waals surface area contributed by atoms with Crippen molar-refractivity contribution in [3.8, 4) is 5.75 Å². The van der Waals surface area contributed by atoms with Gasteiger partial charge in [-0.1, -0.05) is 30.3 Å². The Morgan fingerprint density at radius 3 is 2.58 bits per heavy atom. The summed E-state index contributed by atoms with van der Waals surface area (Å²) in [4.78, 5) is 28.5. The first-order valence-electron chi connectivity index (χ1n) is 9.92. The number of methoxy groups -OCH3 is 1. The van der Waals surface area contributed by atoms with E-state index in [-0.39, 0.29) is 11.8 Å². The van der Waals surface area contributed by atoms with Gasteiger partial charge in [0, 0.05) is 35.4 Å². The molecule has 1 aliphatic rings. The Kier molecular flexibility index (Phi) is 5.97. The highest BCUT2D eigenvalue weighted by molar-refractivity contribution is 7.91. The molecular weight excluding hydrogens is 412 g/mol. The van der Waals surface area contributed by atoms with Gasteiger partial charge in [-0.2, -0.15) is 0 Å². The van der Waals surface area contributed by atoms with Gasteiger partial charge in [0.2, 0.25) is 0 Å². The molecule has 6 nitrogen and oxygen atoms in total. The van der Waals surface area contributed by atoms with E-state index in [4.69, 9.17) is 4.74 Å². The Labute approximate surface area is 184 Å². The summed E-state index contributed by atoms with van der Waals surface area (Å²) < 4.78 is 18.5. The summed E-state index contributed by atoms with van der Waals surface area (Å²) in [7, 11) is 1.58. The van der Waals surface area contributed by atoms with Crippen LogP contribution in [0.2, 0.25) is 0 Å². The summed E-state index contributed by atoms with van der Waals surface area (Å²) in [6, 6.07) is 19.3. The third-order valence-corrected chi connectivity index (χ3v) is 6.72. The molecule has 1 unspecified atom stereocenters. The SMILES string of the molecule is CCN1C(=O)c2ccccc2[S+]([O-])c2ccc(C(=O)NCc3ccccc3OC)cc21. The molecule has 0 aromatic heterocycles. The predicted octanol–water partition coefficient (Wildman–Crippen LogP) is 3.77. The van der Waals surface area contributed by atoms with E-state index in [1.807, 2.05) is 31.2 Å². The van der Waals surface area contributed by atoms with E-state index in [2.05, 4.69) is 5.32 Å². The zero-order chi connectivity index (χ0) is 22.0. The van der Waals surface area contributed by atoms with Crippen molar-refractivity contribution in [1.82, 2.24) is 5.32 Å². The first-order valence-corrected chi connectivity index (χ1v) is 11.1. The lowest BCUT2D eigenvalue weighted by molar-refractivity contribution is 0.0947. The zero-order valence-corrected chi connectivity index (χ0v) is 18.1. The van der Waals surface area contributed by atoms with Crippen molar-refractivity contribution in [2.75, 3.05) is 18.6 Å². The molecule has 4 rings (SSSR count). The average molecular weight is 435 g/mol. The van der Waals surface area contributed by atoms with Crippen LogP contribution in [-0.4, -0.2) is 30.0 Å². The number of hydrogen-bond acceptors (Lipinski definition) is 4. The fraction of sp³-hybridized carbons (Fsp3) is 0.167. The second-order valence-corrected chi connectivity index (χ2v) is 8.41. The van der Waals surface area contributed by atoms with Crippen LogP contribution in [-0.2, 0) is 17.7 Å². The van der Waals surface area contributed by atoms with Crippen molar-refractivity contribution in [3.05, 3.63) is 83.4 Å². The lowest BCUT2D eigenvalue weighted by atomic mass is 10.1. The van der Waals surface area contributed by atoms with E-state index in [9.17, 15) is 14.1 Å². The van der Waals surface area contributed by atoms with Crippen LogP contribution in [0.5, 0.6) is 5.75 Å². The van der Waals surface area contributed by atoms with Crippen molar-refractivity contribution in [3.63, 3.8) is 0 Å². The summed E-state index contributed by atoms with van der Waals surface area (Å²) in [6.07, 6.45) is 0. The number of fused-ring (bicyclic) bond motifs is 2. The van der Waals surface area contributed by atoms with Gasteiger partial charge in [0.05, 0.1) is 12.7 Å². The molecule has 158 valence electrons. The molecule has 3 aromatic carbocycles. The molecule has 1 heterocycles. The normalized spacial score (nSPS) is 15.0. The fourth-order valence-electron chi connectivity index (χ4n) is 3.65. The predicted molar refractivity (Wildman–Crippen MR) is 119 cm³/mol. The first kappa shape index (κ1) is 21.0. The summed E-state index contributed by atoms with van der Waals surface area (Å²) in [5.74, 6) is 0.183. The molecule has 0 spiro atoms. The number of rotatable bonds is 5. The van der Waals surface area contributed by atoms with Crippen molar-refractivity contribution in [2.45, 2.75) is 23.3 Å². The number of ether oxygens (including phenoxy) is 1. The molecule has 1 aliphatic heterocycles. The maximum atomic E-state index is 13.2. The van der Waals surface area contributed by atoms with E-state index in [1.165, 1.54) is 0 Å². The maximum Gasteiger partial charge on any atom is 0.263 e. The van der Waals surface area contributed by atoms with Gasteiger partial charge in [-0.3, -0.25) is 9.59 Å². The Bertz CT molecular complexity index is 1150. The van der Waals surface area contributed by atoms with Crippen LogP contribution in [0.3, 0.4) is 0 Å². The van der Waals surface area contributed by atoms with E-state index < -0.39 is 11.2 Å². The third kappa shape index (κ3) is 3.89. The van der Waals surface area contributed by atoms with Gasteiger partial charge in [-0.25, -0.2) is 0 Å². The fourth-order valence-corrected chi connectivity index (χ4v) is 4.99. The molecule has 0 saturated carbocycles. The molecule has 3 aromatic rings. The Balaban J connectivity index is 1.65. The summed E-state index contributed by atoms with van der Waals surface area (Å²) in [6.45, 7) is 2.55. The highest BCUT2D eigenvalue weighted by Crippen LogP contribution is 2.37. The van der Waals surface area contributed by atoms with E-state index in [0.717, 1.165) is 5.56 Å². The van der Waals surface area contributed by atoms with Crippen molar-refractivity contribution in [1.29, 1.82) is 0 Å². The maximum absolute atomic E-state index is 13.2. The number of amides is 2. The number of hydrogen-bond donors (Lipinski definition) is 1. The Morgan fingerprint density at radius 2 is 1.81 bits per heavy atom. The highest BCUT2D eigenvalue weighted by Gasteiger charge is 2.35. The minimum absolute atomic E-state index is 0.225. The second kappa shape index (κ2) is 8.83. The van der Waals surface area contributed by atoms with Crippen LogP contribution in [0.25, 0.3) is 0 Å². The molecular formula is C24H22N2O4S. The van der Waals surface area contributed by atoms with Gasteiger partial charge in [-0.05, 0) is 43.3 Å². The van der Waals surface area contributed by atoms with Crippen LogP contribution >= 0.6 is 0 Å². The lowest BCUT2D eigenvalue weighted by Gasteiger charge is -2.20. The summed E-state index contributed by atoms with van der Waals surface area (Å²) in [5, 5.41) is 2.89. The molecule has 1 N–H and O–H groups in total. The highest BCUT2D eigenvalue weighted by atomic mass is 32.2. The van der Waals surface area contributed by atoms with Crippen molar-refractivity contribution in [2.24, 2.45) is 0 Å². The van der Waals surface area contributed by atoms with Gasteiger partial charge in [0.25, 0.3) is 11.8 Å². The molecule has 0 saturated heterocycles. The third-order valence-electron chi connectivity index (χ3n) is 5.22. The molecule has 2 amide bonds. The van der Waals surface area contributed by atoms with Gasteiger partial charge < -0.3 is 19.5 Å². The molecule has 31 heavy (non-hydrogen) atoms. The smallest absolute Gasteiger partial charge is 0.263 e. The standard InChI is InChI=1S/C24H22N2O4S/c1-3-26-19-14-16(23(27)25-15-17-8-4-6-10-20(17)30-2)12-13-22(19)31(29)21-11-7-5-9-18(21)24(26)28/h4-14H,3,15H2,1-2H3,(H,25,27). The number of benzene rings is 3. The largest absolute Gasteiger partial charge is 0.606 e. The van der Waals surface area contributed by atoms with E-state index in [1.54, 1.807) is 54.5 Å². The monoisotopic (exact) mass is 434 g/mol. The number of carbonyl (C=O) groups excluding carboxylic acids is 2. The minimum atomic E-state index is -1.52. The van der Waals surface area contributed by atoms with Crippen molar-refractivity contribution >= 4 is 28.7 Å². The molecule has 0 radical (unpaired) electrons. The van der Waals surface area contributed by atoms with Gasteiger partial charge in [0.1, 0.15) is 11.4 Å². The number of anilines is 1. The van der Waals surface area contributed by atoms with Gasteiger partial charge in [0.15, 0.2) is 9.79 Å². The second-order valence-electron chi connectivity index (χ2n) is 6.99. The van der Waals surface area contributed by atoms with Crippen molar-refractivity contribution < 1.29 is 18.9 Å². The average Bonchev–Trinajstić information content (AvgIpc) is 2.90. The molecule has 0 bridgehead atoms. The summed E-state index contributed by atoms with van der Waals surface area (Å²) >= 11 is -1.52. The molecule has 1 atom stereocenters. The first-order chi connectivity index (χ1) is 15.0.